The number of nitrogens with zero attached hydrogens (tertiary/aromatic N) is 1. The summed E-state index contributed by atoms with van der Waals surface area (Å²) in [5.41, 5.74) is 0. The lowest BCUT2D eigenvalue weighted by Crippen LogP contribution is -2.59. The third-order valence-corrected chi connectivity index (χ3v) is 4.78. The van der Waals surface area contributed by atoms with E-state index in [0.29, 0.717) is 0 Å². The zero-order valence-electron chi connectivity index (χ0n) is 12.3. The van der Waals surface area contributed by atoms with E-state index >= 15 is 0 Å². The lowest BCUT2D eigenvalue weighted by atomic mass is 9.93. The van der Waals surface area contributed by atoms with Crippen molar-refractivity contribution in [2.75, 3.05) is 33.4 Å². The van der Waals surface area contributed by atoms with Gasteiger partial charge in [0.15, 0.2) is 0 Å². The minimum Gasteiger partial charge on any atom is -0.385 e. The van der Waals surface area contributed by atoms with E-state index in [9.17, 15) is 0 Å². The van der Waals surface area contributed by atoms with Gasteiger partial charge in [-0.1, -0.05) is 20.3 Å². The molecule has 1 heterocycles. The SMILES string of the molecule is CCC(C)C1CNC(C2CC2)CN1CCCOC. The van der Waals surface area contributed by atoms with Crippen LogP contribution >= 0.6 is 0 Å². The second-order valence-corrected chi connectivity index (χ2v) is 6.15. The van der Waals surface area contributed by atoms with E-state index in [1.807, 2.05) is 0 Å². The minimum atomic E-state index is 0.724. The molecule has 2 aliphatic rings. The molecule has 0 spiro atoms. The molecule has 0 bridgehead atoms. The maximum Gasteiger partial charge on any atom is 0.0474 e. The van der Waals surface area contributed by atoms with E-state index in [1.165, 1.54) is 45.3 Å². The average Bonchev–Trinajstić information content (AvgIpc) is 3.22. The maximum atomic E-state index is 5.20. The molecule has 0 aromatic carbocycles. The molecular formula is C15H30N2O. The molecule has 0 aromatic rings. The van der Waals surface area contributed by atoms with Crippen LogP contribution in [0.2, 0.25) is 0 Å². The van der Waals surface area contributed by atoms with Gasteiger partial charge in [-0.15, -0.1) is 0 Å². The Morgan fingerprint density at radius 3 is 2.78 bits per heavy atom. The molecule has 0 radical (unpaired) electrons. The van der Waals surface area contributed by atoms with Gasteiger partial charge >= 0.3 is 0 Å². The zero-order valence-corrected chi connectivity index (χ0v) is 12.3. The monoisotopic (exact) mass is 254 g/mol. The molecule has 1 aliphatic carbocycles. The number of methoxy groups -OCH3 is 1. The fourth-order valence-corrected chi connectivity index (χ4v) is 3.17. The maximum absolute atomic E-state index is 5.20. The second-order valence-electron chi connectivity index (χ2n) is 6.15. The van der Waals surface area contributed by atoms with Crippen LogP contribution in [-0.4, -0.2) is 50.3 Å². The summed E-state index contributed by atoms with van der Waals surface area (Å²) in [6.45, 7) is 9.24. The second kappa shape index (κ2) is 6.88. The van der Waals surface area contributed by atoms with Crippen LogP contribution in [0, 0.1) is 11.8 Å². The Bertz CT molecular complexity index is 243. The standard InChI is InChI=1S/C15H30N2O/c1-4-12(2)15-10-16-14(13-6-7-13)11-17(15)8-5-9-18-3/h12-16H,4-11H2,1-3H3. The summed E-state index contributed by atoms with van der Waals surface area (Å²) in [6.07, 6.45) is 5.33. The van der Waals surface area contributed by atoms with Gasteiger partial charge in [-0.3, -0.25) is 4.90 Å². The summed E-state index contributed by atoms with van der Waals surface area (Å²) in [4.78, 5) is 2.73. The van der Waals surface area contributed by atoms with E-state index in [0.717, 1.165) is 30.5 Å². The Morgan fingerprint density at radius 1 is 1.39 bits per heavy atom. The van der Waals surface area contributed by atoms with Gasteiger partial charge in [-0.05, 0) is 31.1 Å². The molecule has 0 aromatic heterocycles. The zero-order chi connectivity index (χ0) is 13.0. The highest BCUT2D eigenvalue weighted by Crippen LogP contribution is 2.35. The van der Waals surface area contributed by atoms with Gasteiger partial charge in [0, 0.05) is 45.4 Å². The Hall–Kier alpha value is -0.120. The fourth-order valence-electron chi connectivity index (χ4n) is 3.17. The van der Waals surface area contributed by atoms with Crippen LogP contribution in [-0.2, 0) is 4.74 Å². The predicted octanol–water partition coefficient (Wildman–Crippen LogP) is 2.12. The van der Waals surface area contributed by atoms with Crippen molar-refractivity contribution in [3.8, 4) is 0 Å². The summed E-state index contributed by atoms with van der Waals surface area (Å²) >= 11 is 0. The number of rotatable bonds is 7. The van der Waals surface area contributed by atoms with E-state index in [1.54, 1.807) is 7.11 Å². The molecule has 1 N–H and O–H groups in total. The Balaban J connectivity index is 1.87. The molecule has 1 aliphatic heterocycles. The molecule has 2 rings (SSSR count). The molecule has 0 amide bonds. The first-order chi connectivity index (χ1) is 8.76. The van der Waals surface area contributed by atoms with Crippen LogP contribution in [0.4, 0.5) is 0 Å². The quantitative estimate of drug-likeness (QED) is 0.704. The van der Waals surface area contributed by atoms with Crippen LogP contribution in [0.1, 0.15) is 39.5 Å². The van der Waals surface area contributed by atoms with Crippen molar-refractivity contribution in [3.05, 3.63) is 0 Å². The summed E-state index contributed by atoms with van der Waals surface area (Å²) < 4.78 is 5.20. The number of hydrogen-bond acceptors (Lipinski definition) is 3. The summed E-state index contributed by atoms with van der Waals surface area (Å²) in [7, 11) is 1.80. The minimum absolute atomic E-state index is 0.724. The largest absolute Gasteiger partial charge is 0.385 e. The van der Waals surface area contributed by atoms with Crippen molar-refractivity contribution in [3.63, 3.8) is 0 Å². The molecule has 2 fully saturated rings. The Morgan fingerprint density at radius 2 is 2.17 bits per heavy atom. The van der Waals surface area contributed by atoms with Crippen molar-refractivity contribution in [1.29, 1.82) is 0 Å². The van der Waals surface area contributed by atoms with Gasteiger partial charge in [0.2, 0.25) is 0 Å². The van der Waals surface area contributed by atoms with Crippen LogP contribution < -0.4 is 5.32 Å². The van der Waals surface area contributed by atoms with Gasteiger partial charge in [-0.25, -0.2) is 0 Å². The van der Waals surface area contributed by atoms with Crippen LogP contribution in [0.25, 0.3) is 0 Å². The molecule has 3 unspecified atom stereocenters. The number of nitrogens with one attached hydrogen (secondary N) is 1. The lowest BCUT2D eigenvalue weighted by Gasteiger charge is -2.43. The first-order valence-corrected chi connectivity index (χ1v) is 7.72. The van der Waals surface area contributed by atoms with Crippen LogP contribution in [0.3, 0.4) is 0 Å². The molecule has 1 saturated heterocycles. The van der Waals surface area contributed by atoms with E-state index in [2.05, 4.69) is 24.1 Å². The topological polar surface area (TPSA) is 24.5 Å². The van der Waals surface area contributed by atoms with Crippen molar-refractivity contribution >= 4 is 0 Å². The smallest absolute Gasteiger partial charge is 0.0474 e. The van der Waals surface area contributed by atoms with Crippen molar-refractivity contribution in [1.82, 2.24) is 10.2 Å². The molecule has 1 saturated carbocycles. The summed E-state index contributed by atoms with van der Waals surface area (Å²) in [5.74, 6) is 1.76. The van der Waals surface area contributed by atoms with Crippen molar-refractivity contribution < 1.29 is 4.74 Å². The van der Waals surface area contributed by atoms with Gasteiger partial charge in [0.1, 0.15) is 0 Å². The number of hydrogen-bond donors (Lipinski definition) is 1. The van der Waals surface area contributed by atoms with Crippen LogP contribution in [0.5, 0.6) is 0 Å². The Labute approximate surface area is 112 Å². The first-order valence-electron chi connectivity index (χ1n) is 7.72. The van der Waals surface area contributed by atoms with Crippen molar-refractivity contribution in [2.24, 2.45) is 11.8 Å². The van der Waals surface area contributed by atoms with Crippen molar-refractivity contribution in [2.45, 2.75) is 51.6 Å². The first kappa shape index (κ1) is 14.3. The summed E-state index contributed by atoms with van der Waals surface area (Å²) in [6, 6.07) is 1.48. The Kier molecular flexibility index (Phi) is 5.46. The molecule has 3 nitrogen and oxygen atoms in total. The molecular weight excluding hydrogens is 224 g/mol. The van der Waals surface area contributed by atoms with E-state index in [4.69, 9.17) is 4.74 Å². The normalized spacial score (nSPS) is 31.5. The number of ether oxygens (including phenoxy) is 1. The van der Waals surface area contributed by atoms with Gasteiger partial charge in [0.25, 0.3) is 0 Å². The third kappa shape index (κ3) is 3.69. The predicted molar refractivity (Wildman–Crippen MR) is 75.8 cm³/mol. The van der Waals surface area contributed by atoms with Gasteiger partial charge < -0.3 is 10.1 Å². The van der Waals surface area contributed by atoms with Gasteiger partial charge in [-0.2, -0.15) is 0 Å². The molecule has 106 valence electrons. The number of piperazine rings is 1. The lowest BCUT2D eigenvalue weighted by molar-refractivity contribution is 0.0745. The van der Waals surface area contributed by atoms with E-state index < -0.39 is 0 Å². The molecule has 3 heteroatoms. The fraction of sp³-hybridized carbons (Fsp3) is 1.00. The molecule has 18 heavy (non-hydrogen) atoms. The highest BCUT2D eigenvalue weighted by Gasteiger charge is 2.37. The van der Waals surface area contributed by atoms with Crippen LogP contribution in [0.15, 0.2) is 0 Å². The van der Waals surface area contributed by atoms with Gasteiger partial charge in [0.05, 0.1) is 0 Å². The third-order valence-electron chi connectivity index (χ3n) is 4.78. The van der Waals surface area contributed by atoms with E-state index in [-0.39, 0.29) is 0 Å². The highest BCUT2D eigenvalue weighted by atomic mass is 16.5. The molecule has 3 atom stereocenters. The highest BCUT2D eigenvalue weighted by molar-refractivity contribution is 4.95. The summed E-state index contributed by atoms with van der Waals surface area (Å²) in [5, 5.41) is 3.79. The average molecular weight is 254 g/mol.